The third-order valence-electron chi connectivity index (χ3n) is 2.26. The summed E-state index contributed by atoms with van der Waals surface area (Å²) in [5, 5.41) is 9.05. The summed E-state index contributed by atoms with van der Waals surface area (Å²) in [6, 6.07) is 0. The van der Waals surface area contributed by atoms with Gasteiger partial charge < -0.3 is 5.11 Å². The van der Waals surface area contributed by atoms with Crippen LogP contribution in [0.2, 0.25) is 0 Å². The lowest BCUT2D eigenvalue weighted by atomic mass is 9.86. The lowest BCUT2D eigenvalue weighted by Crippen LogP contribution is -2.11. The van der Waals surface area contributed by atoms with Crippen molar-refractivity contribution in [3.63, 3.8) is 0 Å². The Balaban J connectivity index is 3.58. The summed E-state index contributed by atoms with van der Waals surface area (Å²) in [5.41, 5.74) is 0.418. The second-order valence-electron chi connectivity index (χ2n) is 4.94. The molecule has 1 nitrogen and oxygen atoms in total. The molecular weight excluding hydrogens is 148 g/mol. The molecule has 0 heterocycles. The lowest BCUT2D eigenvalue weighted by Gasteiger charge is -2.21. The first-order valence-corrected chi connectivity index (χ1v) is 5.10. The molecule has 1 atom stereocenters. The summed E-state index contributed by atoms with van der Waals surface area (Å²) in [6.45, 7) is 9.32. The topological polar surface area (TPSA) is 20.2 Å². The standard InChI is InChI=1S/C11H24O/c1-5-6-10(9-12)7-8-11(2,3)4/h10,12H,5-9H2,1-4H3. The summed E-state index contributed by atoms with van der Waals surface area (Å²) in [4.78, 5) is 0. The van der Waals surface area contributed by atoms with Crippen molar-refractivity contribution in [3.8, 4) is 0 Å². The van der Waals surface area contributed by atoms with E-state index in [2.05, 4.69) is 27.7 Å². The molecule has 1 heteroatoms. The smallest absolute Gasteiger partial charge is 0.0459 e. The Labute approximate surface area is 77.2 Å². The van der Waals surface area contributed by atoms with Crippen molar-refractivity contribution < 1.29 is 5.11 Å². The van der Waals surface area contributed by atoms with Gasteiger partial charge in [0.05, 0.1) is 0 Å². The molecule has 0 saturated heterocycles. The van der Waals surface area contributed by atoms with Gasteiger partial charge in [0.2, 0.25) is 0 Å². The van der Waals surface area contributed by atoms with Crippen LogP contribution in [-0.4, -0.2) is 11.7 Å². The fourth-order valence-electron chi connectivity index (χ4n) is 1.37. The van der Waals surface area contributed by atoms with Crippen molar-refractivity contribution >= 4 is 0 Å². The SMILES string of the molecule is CCCC(CO)CCC(C)(C)C. The maximum absolute atomic E-state index is 9.05. The Morgan fingerprint density at radius 1 is 1.17 bits per heavy atom. The summed E-state index contributed by atoms with van der Waals surface area (Å²) >= 11 is 0. The highest BCUT2D eigenvalue weighted by Gasteiger charge is 2.13. The van der Waals surface area contributed by atoms with Crippen molar-refractivity contribution in [2.75, 3.05) is 6.61 Å². The second-order valence-corrected chi connectivity index (χ2v) is 4.94. The van der Waals surface area contributed by atoms with Crippen LogP contribution in [0.3, 0.4) is 0 Å². The molecule has 0 saturated carbocycles. The van der Waals surface area contributed by atoms with E-state index in [1.165, 1.54) is 25.7 Å². The van der Waals surface area contributed by atoms with Gasteiger partial charge in [-0.15, -0.1) is 0 Å². The molecule has 12 heavy (non-hydrogen) atoms. The van der Waals surface area contributed by atoms with Crippen molar-refractivity contribution in [3.05, 3.63) is 0 Å². The normalized spacial score (nSPS) is 14.8. The van der Waals surface area contributed by atoms with Crippen molar-refractivity contribution in [1.29, 1.82) is 0 Å². The minimum absolute atomic E-state index is 0.365. The first-order chi connectivity index (χ1) is 5.49. The quantitative estimate of drug-likeness (QED) is 0.675. The molecule has 1 unspecified atom stereocenters. The van der Waals surface area contributed by atoms with E-state index in [0.717, 1.165) is 0 Å². The van der Waals surface area contributed by atoms with E-state index in [9.17, 15) is 0 Å². The van der Waals surface area contributed by atoms with Crippen LogP contribution in [0.15, 0.2) is 0 Å². The zero-order valence-corrected chi connectivity index (χ0v) is 9.06. The third kappa shape index (κ3) is 6.66. The van der Waals surface area contributed by atoms with Crippen LogP contribution in [0.5, 0.6) is 0 Å². The van der Waals surface area contributed by atoms with E-state index in [-0.39, 0.29) is 0 Å². The zero-order chi connectivity index (χ0) is 9.61. The summed E-state index contributed by atoms with van der Waals surface area (Å²) in [7, 11) is 0. The molecule has 0 radical (unpaired) electrons. The highest BCUT2D eigenvalue weighted by molar-refractivity contribution is 4.65. The highest BCUT2D eigenvalue weighted by Crippen LogP contribution is 2.25. The van der Waals surface area contributed by atoms with Crippen LogP contribution in [0.4, 0.5) is 0 Å². The number of rotatable bonds is 5. The molecule has 0 aromatic rings. The fourth-order valence-corrected chi connectivity index (χ4v) is 1.37. The predicted octanol–water partition coefficient (Wildman–Crippen LogP) is 3.22. The van der Waals surface area contributed by atoms with Gasteiger partial charge in [0, 0.05) is 6.61 Å². The average molecular weight is 172 g/mol. The van der Waals surface area contributed by atoms with Gasteiger partial charge >= 0.3 is 0 Å². The van der Waals surface area contributed by atoms with Gasteiger partial charge in [0.15, 0.2) is 0 Å². The molecule has 0 aromatic heterocycles. The molecule has 0 aliphatic rings. The van der Waals surface area contributed by atoms with Gasteiger partial charge in [0.25, 0.3) is 0 Å². The van der Waals surface area contributed by atoms with Gasteiger partial charge in [-0.05, 0) is 30.6 Å². The molecule has 0 amide bonds. The monoisotopic (exact) mass is 172 g/mol. The van der Waals surface area contributed by atoms with Crippen molar-refractivity contribution in [1.82, 2.24) is 0 Å². The Bertz CT molecular complexity index is 102. The van der Waals surface area contributed by atoms with Crippen LogP contribution in [0.1, 0.15) is 53.4 Å². The van der Waals surface area contributed by atoms with Gasteiger partial charge in [-0.3, -0.25) is 0 Å². The summed E-state index contributed by atoms with van der Waals surface area (Å²) in [5.74, 6) is 0.536. The number of aliphatic hydroxyl groups is 1. The molecule has 0 aliphatic carbocycles. The molecule has 0 aromatic carbocycles. The van der Waals surface area contributed by atoms with Gasteiger partial charge in [-0.2, -0.15) is 0 Å². The van der Waals surface area contributed by atoms with Crippen LogP contribution in [0.25, 0.3) is 0 Å². The maximum atomic E-state index is 9.05. The van der Waals surface area contributed by atoms with Crippen LogP contribution in [-0.2, 0) is 0 Å². The first kappa shape index (κ1) is 12.0. The molecule has 0 rings (SSSR count). The Kier molecular flexibility index (Phi) is 5.56. The Morgan fingerprint density at radius 2 is 1.75 bits per heavy atom. The Hall–Kier alpha value is -0.0400. The molecule has 0 aliphatic heterocycles. The molecule has 0 bridgehead atoms. The molecule has 1 N–H and O–H groups in total. The minimum atomic E-state index is 0.365. The average Bonchev–Trinajstić information content (AvgIpc) is 1.96. The maximum Gasteiger partial charge on any atom is 0.0459 e. The van der Waals surface area contributed by atoms with E-state index < -0.39 is 0 Å². The number of hydrogen-bond acceptors (Lipinski definition) is 1. The molecule has 0 fully saturated rings. The largest absolute Gasteiger partial charge is 0.396 e. The number of hydrogen-bond donors (Lipinski definition) is 1. The van der Waals surface area contributed by atoms with E-state index in [0.29, 0.717) is 17.9 Å². The van der Waals surface area contributed by atoms with Crippen molar-refractivity contribution in [2.24, 2.45) is 11.3 Å². The molecule has 74 valence electrons. The minimum Gasteiger partial charge on any atom is -0.396 e. The Morgan fingerprint density at radius 3 is 2.08 bits per heavy atom. The highest BCUT2D eigenvalue weighted by atomic mass is 16.3. The van der Waals surface area contributed by atoms with E-state index in [4.69, 9.17) is 5.11 Å². The predicted molar refractivity (Wildman–Crippen MR) is 54.2 cm³/mol. The van der Waals surface area contributed by atoms with Gasteiger partial charge in [0.1, 0.15) is 0 Å². The van der Waals surface area contributed by atoms with E-state index >= 15 is 0 Å². The summed E-state index contributed by atoms with van der Waals surface area (Å²) < 4.78 is 0. The molecule has 0 spiro atoms. The number of aliphatic hydroxyl groups excluding tert-OH is 1. The third-order valence-corrected chi connectivity index (χ3v) is 2.26. The van der Waals surface area contributed by atoms with Crippen LogP contribution in [0, 0.1) is 11.3 Å². The first-order valence-electron chi connectivity index (χ1n) is 5.10. The fraction of sp³-hybridized carbons (Fsp3) is 1.00. The van der Waals surface area contributed by atoms with Gasteiger partial charge in [-0.25, -0.2) is 0 Å². The summed E-state index contributed by atoms with van der Waals surface area (Å²) in [6.07, 6.45) is 4.76. The molecular formula is C11H24O. The van der Waals surface area contributed by atoms with Crippen LogP contribution < -0.4 is 0 Å². The van der Waals surface area contributed by atoms with E-state index in [1.54, 1.807) is 0 Å². The lowest BCUT2D eigenvalue weighted by molar-refractivity contribution is 0.192. The second kappa shape index (κ2) is 5.58. The van der Waals surface area contributed by atoms with Crippen LogP contribution >= 0.6 is 0 Å². The van der Waals surface area contributed by atoms with E-state index in [1.807, 2.05) is 0 Å². The van der Waals surface area contributed by atoms with Crippen molar-refractivity contribution in [2.45, 2.75) is 53.4 Å². The van der Waals surface area contributed by atoms with Gasteiger partial charge in [-0.1, -0.05) is 34.1 Å². The zero-order valence-electron chi connectivity index (χ0n) is 9.06.